The predicted molar refractivity (Wildman–Crippen MR) is 61.2 cm³/mol. The summed E-state index contributed by atoms with van der Waals surface area (Å²) in [7, 11) is 2.60. The molecule has 0 aromatic heterocycles. The van der Waals surface area contributed by atoms with Crippen LogP contribution in [0.1, 0.15) is 5.56 Å². The van der Waals surface area contributed by atoms with Crippen molar-refractivity contribution in [3.05, 3.63) is 41.7 Å². The van der Waals surface area contributed by atoms with Crippen LogP contribution in [-0.2, 0) is 0 Å². The van der Waals surface area contributed by atoms with Crippen LogP contribution in [0.2, 0.25) is 0 Å². The topological polar surface area (TPSA) is 0 Å². The highest BCUT2D eigenvalue weighted by atomic mass is 31.0. The molecule has 0 heterocycles. The lowest BCUT2D eigenvalue weighted by Gasteiger charge is -2.02. The van der Waals surface area contributed by atoms with Crippen molar-refractivity contribution in [1.29, 1.82) is 0 Å². The molecule has 2 heteroatoms. The fourth-order valence-corrected chi connectivity index (χ4v) is 1.74. The summed E-state index contributed by atoms with van der Waals surface area (Å²) in [6.07, 6.45) is 5.26. The summed E-state index contributed by atoms with van der Waals surface area (Å²) in [5.74, 6) is 2.04. The fourth-order valence-electron chi connectivity index (χ4n) is 1.47. The third-order valence-corrected chi connectivity index (χ3v) is 2.50. The zero-order valence-corrected chi connectivity index (χ0v) is 8.57. The van der Waals surface area contributed by atoms with Gasteiger partial charge in [0.15, 0.2) is 0 Å². The Labute approximate surface area is 84.3 Å². The average Bonchev–Trinajstić information content (AvgIpc) is 2.18. The van der Waals surface area contributed by atoms with E-state index in [0.29, 0.717) is 5.56 Å². The Hall–Kier alpha value is -1.38. The van der Waals surface area contributed by atoms with Gasteiger partial charge in [0.1, 0.15) is 5.82 Å². The number of halogens is 1. The highest BCUT2D eigenvalue weighted by molar-refractivity contribution is 7.27. The molecular formula is C12H8FP. The van der Waals surface area contributed by atoms with Gasteiger partial charge < -0.3 is 0 Å². The first kappa shape index (κ1) is 9.19. The molecule has 2 rings (SSSR count). The number of fused-ring (bicyclic) bond motifs is 1. The molecule has 0 saturated carbocycles. The molecule has 2 aromatic carbocycles. The van der Waals surface area contributed by atoms with Crippen molar-refractivity contribution in [2.24, 2.45) is 0 Å². The van der Waals surface area contributed by atoms with Gasteiger partial charge in [-0.05, 0) is 22.8 Å². The molecule has 0 N–H and O–H groups in total. The standard InChI is InChI=1S/C12H8FP/c1-2-10-11-5-4-9(14)7-8(11)3-6-12(10)13/h1,3-7H,14H2. The van der Waals surface area contributed by atoms with E-state index >= 15 is 0 Å². The Morgan fingerprint density at radius 3 is 2.71 bits per heavy atom. The second-order valence-electron chi connectivity index (χ2n) is 3.05. The van der Waals surface area contributed by atoms with Crippen LogP contribution >= 0.6 is 9.24 Å². The monoisotopic (exact) mass is 202 g/mol. The average molecular weight is 202 g/mol. The highest BCUT2D eigenvalue weighted by Gasteiger charge is 2.04. The summed E-state index contributed by atoms with van der Waals surface area (Å²) in [5, 5.41) is 2.82. The van der Waals surface area contributed by atoms with E-state index in [0.717, 1.165) is 16.1 Å². The van der Waals surface area contributed by atoms with Gasteiger partial charge in [-0.15, -0.1) is 15.7 Å². The molecule has 1 unspecified atom stereocenters. The van der Waals surface area contributed by atoms with Crippen molar-refractivity contribution in [2.75, 3.05) is 0 Å². The Morgan fingerprint density at radius 2 is 2.00 bits per heavy atom. The summed E-state index contributed by atoms with van der Waals surface area (Å²) in [6.45, 7) is 0. The third-order valence-electron chi connectivity index (χ3n) is 2.14. The van der Waals surface area contributed by atoms with Crippen molar-refractivity contribution < 1.29 is 4.39 Å². The highest BCUT2D eigenvalue weighted by Crippen LogP contribution is 2.20. The summed E-state index contributed by atoms with van der Waals surface area (Å²) in [5.41, 5.74) is 0.340. The van der Waals surface area contributed by atoms with Crippen molar-refractivity contribution in [3.8, 4) is 12.3 Å². The molecule has 0 saturated heterocycles. The third kappa shape index (κ3) is 1.39. The quantitative estimate of drug-likeness (QED) is 0.454. The van der Waals surface area contributed by atoms with Crippen LogP contribution in [0.5, 0.6) is 0 Å². The molecule has 0 nitrogen and oxygen atoms in total. The van der Waals surface area contributed by atoms with E-state index in [1.807, 2.05) is 18.2 Å². The minimum Gasteiger partial charge on any atom is -0.206 e. The van der Waals surface area contributed by atoms with Gasteiger partial charge in [-0.2, -0.15) is 0 Å². The Kier molecular flexibility index (Phi) is 2.23. The predicted octanol–water partition coefficient (Wildman–Crippen LogP) is 2.46. The molecule has 0 radical (unpaired) electrons. The Bertz CT molecular complexity index is 538. The van der Waals surface area contributed by atoms with Crippen LogP contribution < -0.4 is 5.30 Å². The van der Waals surface area contributed by atoms with Crippen molar-refractivity contribution in [3.63, 3.8) is 0 Å². The number of hydrogen-bond donors (Lipinski definition) is 0. The number of hydrogen-bond acceptors (Lipinski definition) is 0. The van der Waals surface area contributed by atoms with Crippen LogP contribution in [0.15, 0.2) is 30.3 Å². The van der Waals surface area contributed by atoms with Crippen molar-refractivity contribution in [1.82, 2.24) is 0 Å². The molecule has 0 amide bonds. The van der Waals surface area contributed by atoms with Crippen molar-refractivity contribution in [2.45, 2.75) is 0 Å². The van der Waals surface area contributed by atoms with Gasteiger partial charge in [0.05, 0.1) is 5.56 Å². The Balaban J connectivity index is 2.90. The van der Waals surface area contributed by atoms with E-state index in [-0.39, 0.29) is 5.82 Å². The van der Waals surface area contributed by atoms with Gasteiger partial charge in [-0.1, -0.05) is 24.1 Å². The molecule has 0 fully saturated rings. The zero-order valence-electron chi connectivity index (χ0n) is 7.42. The molecule has 0 bridgehead atoms. The van der Waals surface area contributed by atoms with Crippen LogP contribution in [0.3, 0.4) is 0 Å². The van der Waals surface area contributed by atoms with Gasteiger partial charge in [-0.3, -0.25) is 0 Å². The maximum atomic E-state index is 13.3. The maximum absolute atomic E-state index is 13.3. The number of benzene rings is 2. The lowest BCUT2D eigenvalue weighted by atomic mass is 10.0. The van der Waals surface area contributed by atoms with E-state index in [9.17, 15) is 4.39 Å². The van der Waals surface area contributed by atoms with Crippen LogP contribution in [-0.4, -0.2) is 0 Å². The molecular weight excluding hydrogens is 194 g/mol. The summed E-state index contributed by atoms with van der Waals surface area (Å²) in [4.78, 5) is 0. The lowest BCUT2D eigenvalue weighted by Crippen LogP contribution is -1.92. The lowest BCUT2D eigenvalue weighted by molar-refractivity contribution is 0.626. The largest absolute Gasteiger partial charge is 0.206 e. The van der Waals surface area contributed by atoms with E-state index in [1.165, 1.54) is 6.07 Å². The molecule has 0 aliphatic heterocycles. The molecule has 0 spiro atoms. The molecule has 1 atom stereocenters. The first-order valence-corrected chi connectivity index (χ1v) is 4.74. The van der Waals surface area contributed by atoms with E-state index in [2.05, 4.69) is 15.2 Å². The number of terminal acetylenes is 1. The minimum absolute atomic E-state index is 0.337. The SMILES string of the molecule is C#Cc1c(F)ccc2cc(P)ccc12. The smallest absolute Gasteiger partial charge is 0.139 e. The van der Waals surface area contributed by atoms with E-state index < -0.39 is 0 Å². The van der Waals surface area contributed by atoms with Crippen LogP contribution in [0, 0.1) is 18.2 Å². The summed E-state index contributed by atoms with van der Waals surface area (Å²) in [6, 6.07) is 8.84. The van der Waals surface area contributed by atoms with Gasteiger partial charge in [0, 0.05) is 5.39 Å². The Morgan fingerprint density at radius 1 is 1.21 bits per heavy atom. The molecule has 0 aliphatic carbocycles. The van der Waals surface area contributed by atoms with Gasteiger partial charge >= 0.3 is 0 Å². The summed E-state index contributed by atoms with van der Waals surface area (Å²) < 4.78 is 13.3. The molecule has 0 aliphatic rings. The second-order valence-corrected chi connectivity index (χ2v) is 3.71. The molecule has 2 aromatic rings. The number of rotatable bonds is 0. The van der Waals surface area contributed by atoms with E-state index in [4.69, 9.17) is 6.42 Å². The summed E-state index contributed by atoms with van der Waals surface area (Å²) >= 11 is 0. The first-order chi connectivity index (χ1) is 6.72. The van der Waals surface area contributed by atoms with Gasteiger partial charge in [0.25, 0.3) is 0 Å². The van der Waals surface area contributed by atoms with Crippen LogP contribution in [0.25, 0.3) is 10.8 Å². The molecule has 14 heavy (non-hydrogen) atoms. The normalized spacial score (nSPS) is 10.1. The minimum atomic E-state index is -0.337. The second kappa shape index (κ2) is 3.40. The van der Waals surface area contributed by atoms with Gasteiger partial charge in [0.2, 0.25) is 0 Å². The van der Waals surface area contributed by atoms with E-state index in [1.54, 1.807) is 6.07 Å². The fraction of sp³-hybridized carbons (Fsp3) is 0. The van der Waals surface area contributed by atoms with Crippen LogP contribution in [0.4, 0.5) is 4.39 Å². The van der Waals surface area contributed by atoms with Crippen molar-refractivity contribution >= 4 is 25.3 Å². The maximum Gasteiger partial charge on any atom is 0.139 e. The van der Waals surface area contributed by atoms with Gasteiger partial charge in [-0.25, -0.2) is 4.39 Å². The zero-order chi connectivity index (χ0) is 10.1. The molecule has 68 valence electrons. The first-order valence-electron chi connectivity index (χ1n) is 4.17.